The zero-order chi connectivity index (χ0) is 13.7. The lowest BCUT2D eigenvalue weighted by atomic mass is 9.96. The highest BCUT2D eigenvalue weighted by molar-refractivity contribution is 9.10. The van der Waals surface area contributed by atoms with Gasteiger partial charge in [0.2, 0.25) is 0 Å². The predicted octanol–water partition coefficient (Wildman–Crippen LogP) is 6.02. The van der Waals surface area contributed by atoms with Gasteiger partial charge in [-0.3, -0.25) is 0 Å². The average molecular weight is 317 g/mol. The molecule has 0 unspecified atom stereocenters. The van der Waals surface area contributed by atoms with Crippen molar-refractivity contribution in [2.45, 2.75) is 39.5 Å². The van der Waals surface area contributed by atoms with E-state index in [-0.39, 0.29) is 0 Å². The SMILES string of the molecule is CCCCc1ccc(-c2ccc(Br)cc2CC)cc1. The molecular weight excluding hydrogens is 296 g/mol. The van der Waals surface area contributed by atoms with Gasteiger partial charge >= 0.3 is 0 Å². The molecule has 0 bridgehead atoms. The zero-order valence-corrected chi connectivity index (χ0v) is 13.3. The van der Waals surface area contributed by atoms with Gasteiger partial charge in [0.15, 0.2) is 0 Å². The molecule has 100 valence electrons. The lowest BCUT2D eigenvalue weighted by molar-refractivity contribution is 0.795. The van der Waals surface area contributed by atoms with Gasteiger partial charge in [-0.05, 0) is 53.6 Å². The van der Waals surface area contributed by atoms with Crippen molar-refractivity contribution >= 4 is 15.9 Å². The summed E-state index contributed by atoms with van der Waals surface area (Å²) in [5, 5.41) is 0. The zero-order valence-electron chi connectivity index (χ0n) is 11.7. The molecule has 0 aliphatic rings. The summed E-state index contributed by atoms with van der Waals surface area (Å²) in [7, 11) is 0. The van der Waals surface area contributed by atoms with Gasteiger partial charge in [-0.25, -0.2) is 0 Å². The van der Waals surface area contributed by atoms with Crippen LogP contribution < -0.4 is 0 Å². The second kappa shape index (κ2) is 6.91. The number of aryl methyl sites for hydroxylation is 2. The topological polar surface area (TPSA) is 0 Å². The van der Waals surface area contributed by atoms with Gasteiger partial charge in [0.1, 0.15) is 0 Å². The van der Waals surface area contributed by atoms with E-state index in [9.17, 15) is 0 Å². The standard InChI is InChI=1S/C18H21Br/c1-3-5-6-14-7-9-16(10-8-14)18-12-11-17(19)13-15(18)4-2/h7-13H,3-6H2,1-2H3. The fourth-order valence-corrected chi connectivity index (χ4v) is 2.78. The van der Waals surface area contributed by atoms with Crippen LogP contribution in [0.25, 0.3) is 11.1 Å². The van der Waals surface area contributed by atoms with E-state index in [1.807, 2.05) is 0 Å². The summed E-state index contributed by atoms with van der Waals surface area (Å²) in [6.07, 6.45) is 4.79. The molecule has 2 rings (SSSR count). The summed E-state index contributed by atoms with van der Waals surface area (Å²) < 4.78 is 1.16. The summed E-state index contributed by atoms with van der Waals surface area (Å²) in [4.78, 5) is 0. The van der Waals surface area contributed by atoms with E-state index < -0.39 is 0 Å². The smallest absolute Gasteiger partial charge is 0.0178 e. The summed E-state index contributed by atoms with van der Waals surface area (Å²) in [6, 6.07) is 15.6. The van der Waals surface area contributed by atoms with Crippen LogP contribution in [0.5, 0.6) is 0 Å². The van der Waals surface area contributed by atoms with Crippen molar-refractivity contribution in [2.24, 2.45) is 0 Å². The normalized spacial score (nSPS) is 10.7. The van der Waals surface area contributed by atoms with Crippen molar-refractivity contribution in [3.63, 3.8) is 0 Å². The molecule has 2 aromatic rings. The highest BCUT2D eigenvalue weighted by atomic mass is 79.9. The summed E-state index contributed by atoms with van der Waals surface area (Å²) in [6.45, 7) is 4.45. The van der Waals surface area contributed by atoms with Crippen LogP contribution in [0.15, 0.2) is 46.9 Å². The first-order chi connectivity index (χ1) is 9.24. The Bertz CT molecular complexity index is 526. The van der Waals surface area contributed by atoms with Crippen molar-refractivity contribution in [1.82, 2.24) is 0 Å². The van der Waals surface area contributed by atoms with Crippen molar-refractivity contribution in [1.29, 1.82) is 0 Å². The van der Waals surface area contributed by atoms with Crippen molar-refractivity contribution in [3.8, 4) is 11.1 Å². The Morgan fingerprint density at radius 1 is 0.947 bits per heavy atom. The van der Waals surface area contributed by atoms with Crippen LogP contribution in [-0.2, 0) is 12.8 Å². The molecule has 1 heteroatoms. The van der Waals surface area contributed by atoms with Crippen LogP contribution in [0.2, 0.25) is 0 Å². The van der Waals surface area contributed by atoms with Crippen molar-refractivity contribution in [3.05, 3.63) is 58.1 Å². The van der Waals surface area contributed by atoms with Gasteiger partial charge < -0.3 is 0 Å². The number of benzene rings is 2. The van der Waals surface area contributed by atoms with Crippen LogP contribution in [0.1, 0.15) is 37.8 Å². The largest absolute Gasteiger partial charge is 0.0654 e. The Kier molecular flexibility index (Phi) is 5.21. The van der Waals surface area contributed by atoms with Crippen LogP contribution in [-0.4, -0.2) is 0 Å². The quantitative estimate of drug-likeness (QED) is 0.632. The minimum Gasteiger partial charge on any atom is -0.0654 e. The molecule has 0 saturated carbocycles. The molecule has 0 aliphatic carbocycles. The molecule has 0 amide bonds. The Labute approximate surface area is 125 Å². The van der Waals surface area contributed by atoms with E-state index in [2.05, 4.69) is 72.2 Å². The van der Waals surface area contributed by atoms with E-state index in [0.29, 0.717) is 0 Å². The monoisotopic (exact) mass is 316 g/mol. The summed E-state index contributed by atoms with van der Waals surface area (Å²) >= 11 is 3.55. The van der Waals surface area contributed by atoms with Gasteiger partial charge in [0, 0.05) is 4.47 Å². The van der Waals surface area contributed by atoms with E-state index in [1.165, 1.54) is 41.5 Å². The maximum absolute atomic E-state index is 3.55. The molecule has 0 spiro atoms. The number of hydrogen-bond acceptors (Lipinski definition) is 0. The third-order valence-electron chi connectivity index (χ3n) is 3.53. The lowest BCUT2D eigenvalue weighted by Gasteiger charge is -2.10. The molecule has 0 nitrogen and oxygen atoms in total. The first kappa shape index (κ1) is 14.3. The summed E-state index contributed by atoms with van der Waals surface area (Å²) in [5.74, 6) is 0. The van der Waals surface area contributed by atoms with Gasteiger partial charge in [-0.2, -0.15) is 0 Å². The average Bonchev–Trinajstić information content (AvgIpc) is 2.45. The first-order valence-electron chi connectivity index (χ1n) is 7.12. The molecule has 0 aromatic heterocycles. The van der Waals surface area contributed by atoms with Gasteiger partial charge in [-0.15, -0.1) is 0 Å². The minimum absolute atomic E-state index is 1.06. The summed E-state index contributed by atoms with van der Waals surface area (Å²) in [5.41, 5.74) is 5.52. The van der Waals surface area contributed by atoms with Crippen molar-refractivity contribution < 1.29 is 0 Å². The molecule has 0 saturated heterocycles. The fraction of sp³-hybridized carbons (Fsp3) is 0.333. The third kappa shape index (κ3) is 3.70. The Morgan fingerprint density at radius 3 is 2.32 bits per heavy atom. The number of rotatable bonds is 5. The van der Waals surface area contributed by atoms with E-state index >= 15 is 0 Å². The van der Waals surface area contributed by atoms with E-state index in [4.69, 9.17) is 0 Å². The maximum Gasteiger partial charge on any atom is 0.0178 e. The highest BCUT2D eigenvalue weighted by Gasteiger charge is 2.04. The molecular formula is C18H21Br. The second-order valence-electron chi connectivity index (χ2n) is 4.96. The lowest BCUT2D eigenvalue weighted by Crippen LogP contribution is -1.89. The molecule has 0 radical (unpaired) electrons. The minimum atomic E-state index is 1.06. The predicted molar refractivity (Wildman–Crippen MR) is 87.6 cm³/mol. The molecule has 19 heavy (non-hydrogen) atoms. The van der Waals surface area contributed by atoms with Crippen molar-refractivity contribution in [2.75, 3.05) is 0 Å². The molecule has 0 fully saturated rings. The van der Waals surface area contributed by atoms with Gasteiger partial charge in [0.05, 0.1) is 0 Å². The van der Waals surface area contributed by atoms with Gasteiger partial charge in [0.25, 0.3) is 0 Å². The Morgan fingerprint density at radius 2 is 1.68 bits per heavy atom. The molecule has 0 N–H and O–H groups in total. The van der Waals surface area contributed by atoms with Crippen LogP contribution >= 0.6 is 15.9 Å². The third-order valence-corrected chi connectivity index (χ3v) is 4.03. The van der Waals surface area contributed by atoms with Gasteiger partial charge in [-0.1, -0.05) is 66.5 Å². The molecule has 2 aromatic carbocycles. The molecule has 0 heterocycles. The molecule has 0 aliphatic heterocycles. The Balaban J connectivity index is 2.26. The highest BCUT2D eigenvalue weighted by Crippen LogP contribution is 2.27. The van der Waals surface area contributed by atoms with Crippen LogP contribution in [0, 0.1) is 0 Å². The number of unbranched alkanes of at least 4 members (excludes halogenated alkanes) is 1. The van der Waals surface area contributed by atoms with Crippen LogP contribution in [0.3, 0.4) is 0 Å². The first-order valence-corrected chi connectivity index (χ1v) is 7.91. The second-order valence-corrected chi connectivity index (χ2v) is 5.87. The maximum atomic E-state index is 3.55. The van der Waals surface area contributed by atoms with Crippen LogP contribution in [0.4, 0.5) is 0 Å². The fourth-order valence-electron chi connectivity index (χ4n) is 2.37. The number of halogens is 1. The molecule has 0 atom stereocenters. The van der Waals surface area contributed by atoms with E-state index in [0.717, 1.165) is 10.9 Å². The van der Waals surface area contributed by atoms with E-state index in [1.54, 1.807) is 0 Å². The Hall–Kier alpha value is -1.08. The number of hydrogen-bond donors (Lipinski definition) is 0.